The fraction of sp³-hybridized carbons (Fsp3) is 0.692. The third-order valence-corrected chi connectivity index (χ3v) is 3.69. The molecular weight excluding hydrogens is 226 g/mol. The third-order valence-electron chi connectivity index (χ3n) is 3.69. The minimum atomic E-state index is 0.533. The van der Waals surface area contributed by atoms with Crippen molar-refractivity contribution in [2.24, 2.45) is 5.84 Å². The van der Waals surface area contributed by atoms with Gasteiger partial charge in [0.2, 0.25) is 0 Å². The van der Waals surface area contributed by atoms with Crippen LogP contribution in [0.25, 0.3) is 0 Å². The average molecular weight is 249 g/mol. The summed E-state index contributed by atoms with van der Waals surface area (Å²) in [6, 6.07) is 0.533. The molecule has 2 heterocycles. The van der Waals surface area contributed by atoms with E-state index in [0.29, 0.717) is 6.04 Å². The molecule has 0 aromatic carbocycles. The van der Waals surface area contributed by atoms with Gasteiger partial charge in [-0.1, -0.05) is 12.8 Å². The number of nitrogens with one attached hydrogen (secondary N) is 1. The molecule has 18 heavy (non-hydrogen) atoms. The number of anilines is 2. The molecule has 1 aliphatic heterocycles. The topological polar surface area (TPSA) is 67.1 Å². The Kier molecular flexibility index (Phi) is 4.01. The summed E-state index contributed by atoms with van der Waals surface area (Å²) >= 11 is 0. The number of rotatable bonds is 2. The van der Waals surface area contributed by atoms with E-state index < -0.39 is 0 Å². The van der Waals surface area contributed by atoms with Gasteiger partial charge in [-0.05, 0) is 33.6 Å². The summed E-state index contributed by atoms with van der Waals surface area (Å²) in [7, 11) is 0. The van der Waals surface area contributed by atoms with Crippen molar-refractivity contribution in [2.75, 3.05) is 16.9 Å². The van der Waals surface area contributed by atoms with Crippen LogP contribution in [0.5, 0.6) is 0 Å². The normalized spacial score (nSPS) is 20.7. The van der Waals surface area contributed by atoms with Crippen LogP contribution in [0.4, 0.5) is 11.6 Å². The minimum Gasteiger partial charge on any atom is -0.354 e. The van der Waals surface area contributed by atoms with Crippen LogP contribution in [0.1, 0.15) is 44.0 Å². The Hall–Kier alpha value is -1.36. The van der Waals surface area contributed by atoms with Gasteiger partial charge >= 0.3 is 0 Å². The molecule has 0 radical (unpaired) electrons. The molecule has 1 saturated heterocycles. The Bertz CT molecular complexity index is 418. The minimum absolute atomic E-state index is 0.533. The van der Waals surface area contributed by atoms with Gasteiger partial charge in [-0.3, -0.25) is 0 Å². The second kappa shape index (κ2) is 5.52. The first kappa shape index (κ1) is 13.1. The predicted molar refractivity (Wildman–Crippen MR) is 74.6 cm³/mol. The maximum atomic E-state index is 5.52. The zero-order valence-corrected chi connectivity index (χ0v) is 11.5. The lowest BCUT2D eigenvalue weighted by molar-refractivity contribution is 0.608. The highest BCUT2D eigenvalue weighted by Gasteiger charge is 2.21. The molecule has 5 nitrogen and oxygen atoms in total. The summed E-state index contributed by atoms with van der Waals surface area (Å²) in [4.78, 5) is 11.3. The largest absolute Gasteiger partial charge is 0.354 e. The number of nitrogens with zero attached hydrogens (tertiary/aromatic N) is 3. The summed E-state index contributed by atoms with van der Waals surface area (Å²) in [5.41, 5.74) is 3.71. The van der Waals surface area contributed by atoms with Crippen LogP contribution >= 0.6 is 0 Å². The Balaban J connectivity index is 2.39. The van der Waals surface area contributed by atoms with Gasteiger partial charge in [-0.2, -0.15) is 0 Å². The van der Waals surface area contributed by atoms with E-state index in [1.165, 1.54) is 25.7 Å². The van der Waals surface area contributed by atoms with Crippen molar-refractivity contribution in [1.82, 2.24) is 9.97 Å². The van der Waals surface area contributed by atoms with Crippen LogP contribution in [-0.2, 0) is 0 Å². The molecule has 5 heteroatoms. The van der Waals surface area contributed by atoms with Crippen LogP contribution in [0.3, 0.4) is 0 Å². The van der Waals surface area contributed by atoms with Crippen molar-refractivity contribution in [3.05, 3.63) is 11.4 Å². The van der Waals surface area contributed by atoms with E-state index in [-0.39, 0.29) is 0 Å². The molecule has 0 spiro atoms. The summed E-state index contributed by atoms with van der Waals surface area (Å²) < 4.78 is 0. The summed E-state index contributed by atoms with van der Waals surface area (Å²) in [6.07, 6.45) is 5.08. The van der Waals surface area contributed by atoms with Crippen molar-refractivity contribution in [3.63, 3.8) is 0 Å². The molecule has 1 aliphatic rings. The molecule has 0 amide bonds. The molecule has 0 bridgehead atoms. The lowest BCUT2D eigenvalue weighted by atomic mass is 10.1. The smallest absolute Gasteiger partial charge is 0.148 e. The van der Waals surface area contributed by atoms with E-state index in [4.69, 9.17) is 5.84 Å². The maximum absolute atomic E-state index is 5.52. The van der Waals surface area contributed by atoms with Gasteiger partial charge in [-0.25, -0.2) is 15.8 Å². The molecule has 100 valence electrons. The first-order valence-corrected chi connectivity index (χ1v) is 6.72. The number of aryl methyl sites for hydroxylation is 1. The standard InChI is InChI=1S/C13H23N5/c1-9-7-5-4-6-8-18(9)13-10(2)12(17-14)15-11(3)16-13/h9H,4-8,14H2,1-3H3,(H,15,16,17). The highest BCUT2D eigenvalue weighted by molar-refractivity contribution is 5.58. The fourth-order valence-electron chi connectivity index (χ4n) is 2.62. The Morgan fingerprint density at radius 2 is 2.00 bits per heavy atom. The SMILES string of the molecule is Cc1nc(NN)c(C)c(N2CCCCCC2C)n1. The van der Waals surface area contributed by atoms with Gasteiger partial charge in [0.1, 0.15) is 17.5 Å². The Morgan fingerprint density at radius 3 is 2.72 bits per heavy atom. The molecule has 1 atom stereocenters. The molecule has 1 aromatic rings. The second-order valence-electron chi connectivity index (χ2n) is 5.10. The third kappa shape index (κ3) is 2.56. The molecule has 1 aromatic heterocycles. The second-order valence-corrected chi connectivity index (χ2v) is 5.10. The van der Waals surface area contributed by atoms with Crippen LogP contribution in [-0.4, -0.2) is 22.6 Å². The molecule has 1 unspecified atom stereocenters. The average Bonchev–Trinajstić information content (AvgIpc) is 2.56. The van der Waals surface area contributed by atoms with Crippen molar-refractivity contribution in [3.8, 4) is 0 Å². The summed E-state index contributed by atoms with van der Waals surface area (Å²) in [5.74, 6) is 8.05. The van der Waals surface area contributed by atoms with Gasteiger partial charge in [0, 0.05) is 18.2 Å². The molecule has 0 saturated carbocycles. The van der Waals surface area contributed by atoms with Crippen molar-refractivity contribution in [2.45, 2.75) is 52.5 Å². The van der Waals surface area contributed by atoms with Gasteiger partial charge in [-0.15, -0.1) is 0 Å². The number of nitrogens with two attached hydrogens (primary N) is 1. The molecular formula is C13H23N5. The summed E-state index contributed by atoms with van der Waals surface area (Å²) in [5, 5.41) is 0. The fourth-order valence-corrected chi connectivity index (χ4v) is 2.62. The van der Waals surface area contributed by atoms with Gasteiger partial charge in [0.15, 0.2) is 0 Å². The zero-order chi connectivity index (χ0) is 13.1. The van der Waals surface area contributed by atoms with E-state index in [2.05, 4.69) is 27.2 Å². The predicted octanol–water partition coefficient (Wildman–Crippen LogP) is 2.15. The molecule has 1 fully saturated rings. The van der Waals surface area contributed by atoms with Crippen LogP contribution in [0.15, 0.2) is 0 Å². The lowest BCUT2D eigenvalue weighted by Gasteiger charge is -2.30. The Morgan fingerprint density at radius 1 is 1.22 bits per heavy atom. The summed E-state index contributed by atoms with van der Waals surface area (Å²) in [6.45, 7) is 7.29. The van der Waals surface area contributed by atoms with Gasteiger partial charge in [0.05, 0.1) is 0 Å². The van der Waals surface area contributed by atoms with E-state index >= 15 is 0 Å². The van der Waals surface area contributed by atoms with Crippen molar-refractivity contribution in [1.29, 1.82) is 0 Å². The molecule has 3 N–H and O–H groups in total. The van der Waals surface area contributed by atoms with Crippen molar-refractivity contribution >= 4 is 11.6 Å². The quantitative estimate of drug-likeness (QED) is 0.621. The van der Waals surface area contributed by atoms with E-state index in [9.17, 15) is 0 Å². The van der Waals surface area contributed by atoms with Crippen LogP contribution in [0.2, 0.25) is 0 Å². The number of hydrogen-bond acceptors (Lipinski definition) is 5. The van der Waals surface area contributed by atoms with Crippen LogP contribution < -0.4 is 16.2 Å². The van der Waals surface area contributed by atoms with Gasteiger partial charge in [0.25, 0.3) is 0 Å². The first-order chi connectivity index (χ1) is 8.63. The zero-order valence-electron chi connectivity index (χ0n) is 11.5. The molecule has 0 aliphatic carbocycles. The number of hydrazine groups is 1. The monoisotopic (exact) mass is 249 g/mol. The number of aromatic nitrogens is 2. The van der Waals surface area contributed by atoms with Gasteiger partial charge < -0.3 is 10.3 Å². The highest BCUT2D eigenvalue weighted by atomic mass is 15.3. The molecule has 2 rings (SSSR count). The van der Waals surface area contributed by atoms with Crippen LogP contribution in [0, 0.1) is 13.8 Å². The number of nitrogen functional groups attached to an aromatic ring is 1. The highest BCUT2D eigenvalue weighted by Crippen LogP contribution is 2.28. The van der Waals surface area contributed by atoms with E-state index in [1.54, 1.807) is 0 Å². The maximum Gasteiger partial charge on any atom is 0.148 e. The number of hydrogen-bond donors (Lipinski definition) is 2. The van der Waals surface area contributed by atoms with E-state index in [0.717, 1.165) is 29.6 Å². The lowest BCUT2D eigenvalue weighted by Crippen LogP contribution is -2.34. The van der Waals surface area contributed by atoms with Crippen molar-refractivity contribution < 1.29 is 0 Å². The van der Waals surface area contributed by atoms with E-state index in [1.807, 2.05) is 13.8 Å². The Labute approximate surface area is 109 Å². The first-order valence-electron chi connectivity index (χ1n) is 6.72.